The molecule has 1 atom stereocenters. The van der Waals surface area contributed by atoms with Crippen LogP contribution in [0, 0.1) is 6.92 Å². The highest BCUT2D eigenvalue weighted by molar-refractivity contribution is 5.59. The highest BCUT2D eigenvalue weighted by Gasteiger charge is 2.09. The maximum Gasteiger partial charge on any atom is 0.223 e. The van der Waals surface area contributed by atoms with E-state index in [1.807, 2.05) is 42.2 Å². The van der Waals surface area contributed by atoms with E-state index in [2.05, 4.69) is 49.5 Å². The van der Waals surface area contributed by atoms with Gasteiger partial charge in [0, 0.05) is 24.0 Å². The van der Waals surface area contributed by atoms with Crippen LogP contribution >= 0.6 is 0 Å². The van der Waals surface area contributed by atoms with Crippen LogP contribution in [0.3, 0.4) is 0 Å². The van der Waals surface area contributed by atoms with Crippen LogP contribution in [-0.4, -0.2) is 40.6 Å². The van der Waals surface area contributed by atoms with Gasteiger partial charge in [0.2, 0.25) is 5.95 Å². The molecule has 0 radical (unpaired) electrons. The third-order valence-electron chi connectivity index (χ3n) is 4.10. The van der Waals surface area contributed by atoms with Crippen molar-refractivity contribution in [2.45, 2.75) is 26.4 Å². The molecule has 136 valence electrons. The van der Waals surface area contributed by atoms with Gasteiger partial charge in [-0.05, 0) is 37.6 Å². The number of hydrogen-bond acceptors (Lipinski definition) is 6. The van der Waals surface area contributed by atoms with Crippen molar-refractivity contribution in [1.82, 2.24) is 34.5 Å². The van der Waals surface area contributed by atoms with E-state index in [-0.39, 0.29) is 6.04 Å². The summed E-state index contributed by atoms with van der Waals surface area (Å²) in [5, 5.41) is 11.9. The van der Waals surface area contributed by atoms with Crippen molar-refractivity contribution in [2.24, 2.45) is 0 Å². The molecule has 1 N–H and O–H groups in total. The molecule has 1 aromatic carbocycles. The first-order valence-electron chi connectivity index (χ1n) is 8.71. The Hall–Kier alpha value is -3.55. The van der Waals surface area contributed by atoms with Gasteiger partial charge in [0.25, 0.3) is 0 Å². The molecule has 0 unspecified atom stereocenters. The molecule has 0 aliphatic heterocycles. The number of benzene rings is 1. The predicted molar refractivity (Wildman–Crippen MR) is 102 cm³/mol. The topological polar surface area (TPSA) is 86.3 Å². The van der Waals surface area contributed by atoms with E-state index in [1.165, 1.54) is 11.9 Å². The highest BCUT2D eigenvalue weighted by Crippen LogP contribution is 2.19. The molecule has 3 heterocycles. The van der Waals surface area contributed by atoms with Gasteiger partial charge in [-0.1, -0.05) is 12.1 Å². The summed E-state index contributed by atoms with van der Waals surface area (Å²) in [5.41, 5.74) is 3.97. The van der Waals surface area contributed by atoms with Crippen LogP contribution in [0.25, 0.3) is 16.9 Å². The standard InChI is InChI=1S/C19H20N8/c1-14-4-3-5-17(8-14)27-11-16(9-22-27)18-6-7-21-19(25-18)24-15(2)10-26-13-20-12-23-26/h3-9,11-13,15H,10H2,1-2H3,(H,21,24,25)/t15-/m0/s1. The van der Waals surface area contributed by atoms with E-state index < -0.39 is 0 Å². The van der Waals surface area contributed by atoms with Gasteiger partial charge in [-0.2, -0.15) is 10.2 Å². The van der Waals surface area contributed by atoms with Crippen molar-refractivity contribution in [3.05, 3.63) is 67.1 Å². The molecule has 4 rings (SSSR count). The minimum Gasteiger partial charge on any atom is -0.350 e. The minimum atomic E-state index is 0.108. The fourth-order valence-corrected chi connectivity index (χ4v) is 2.83. The fraction of sp³-hybridized carbons (Fsp3) is 0.211. The van der Waals surface area contributed by atoms with Gasteiger partial charge in [-0.3, -0.25) is 4.68 Å². The van der Waals surface area contributed by atoms with Crippen molar-refractivity contribution in [3.8, 4) is 16.9 Å². The number of aryl methyl sites for hydroxylation is 1. The van der Waals surface area contributed by atoms with E-state index in [4.69, 9.17) is 0 Å². The molecule has 3 aromatic heterocycles. The van der Waals surface area contributed by atoms with Crippen LogP contribution < -0.4 is 5.32 Å². The minimum absolute atomic E-state index is 0.108. The zero-order valence-corrected chi connectivity index (χ0v) is 15.2. The van der Waals surface area contributed by atoms with Gasteiger partial charge in [0.05, 0.1) is 24.1 Å². The number of anilines is 1. The molecule has 0 aliphatic rings. The quantitative estimate of drug-likeness (QED) is 0.569. The second kappa shape index (κ2) is 7.36. The van der Waals surface area contributed by atoms with Crippen molar-refractivity contribution < 1.29 is 0 Å². The number of aromatic nitrogens is 7. The number of nitrogens with zero attached hydrogens (tertiary/aromatic N) is 7. The monoisotopic (exact) mass is 360 g/mol. The maximum atomic E-state index is 4.62. The van der Waals surface area contributed by atoms with Crippen molar-refractivity contribution >= 4 is 5.95 Å². The van der Waals surface area contributed by atoms with Gasteiger partial charge in [0.15, 0.2) is 0 Å². The number of rotatable bonds is 6. The first-order valence-corrected chi connectivity index (χ1v) is 8.71. The Morgan fingerprint density at radius 1 is 1.19 bits per heavy atom. The Balaban J connectivity index is 1.51. The summed E-state index contributed by atoms with van der Waals surface area (Å²) in [6.45, 7) is 4.79. The average Bonchev–Trinajstić information content (AvgIpc) is 3.34. The van der Waals surface area contributed by atoms with Crippen LogP contribution in [0.5, 0.6) is 0 Å². The average molecular weight is 360 g/mol. The molecule has 4 aromatic rings. The molecule has 0 saturated carbocycles. The van der Waals surface area contributed by atoms with Crippen LogP contribution in [0.2, 0.25) is 0 Å². The lowest BCUT2D eigenvalue weighted by Gasteiger charge is -2.13. The molecule has 0 amide bonds. The molecule has 8 nitrogen and oxygen atoms in total. The first kappa shape index (κ1) is 16.9. The third kappa shape index (κ3) is 4.00. The van der Waals surface area contributed by atoms with Crippen LogP contribution in [0.15, 0.2) is 61.6 Å². The lowest BCUT2D eigenvalue weighted by molar-refractivity contribution is 0.557. The Kier molecular flexibility index (Phi) is 4.61. The third-order valence-corrected chi connectivity index (χ3v) is 4.10. The normalized spacial score (nSPS) is 12.1. The van der Waals surface area contributed by atoms with Crippen molar-refractivity contribution in [1.29, 1.82) is 0 Å². The van der Waals surface area contributed by atoms with Crippen LogP contribution in [0.4, 0.5) is 5.95 Å². The Morgan fingerprint density at radius 2 is 2.11 bits per heavy atom. The van der Waals surface area contributed by atoms with Gasteiger partial charge in [0.1, 0.15) is 12.7 Å². The SMILES string of the molecule is Cc1cccc(-n2cc(-c3ccnc(N[C@@H](C)Cn4cncn4)n3)cn2)c1. The van der Waals surface area contributed by atoms with Crippen LogP contribution in [0.1, 0.15) is 12.5 Å². The Labute approximate surface area is 156 Å². The van der Waals surface area contributed by atoms with Crippen LogP contribution in [-0.2, 0) is 6.54 Å². The van der Waals surface area contributed by atoms with Gasteiger partial charge >= 0.3 is 0 Å². The predicted octanol–water partition coefficient (Wildman–Crippen LogP) is 2.73. The zero-order chi connectivity index (χ0) is 18.6. The molecule has 0 fully saturated rings. The Morgan fingerprint density at radius 3 is 2.93 bits per heavy atom. The summed E-state index contributed by atoms with van der Waals surface area (Å²) in [6, 6.07) is 10.2. The molecular weight excluding hydrogens is 340 g/mol. The number of nitrogens with one attached hydrogen (secondary N) is 1. The smallest absolute Gasteiger partial charge is 0.223 e. The van der Waals surface area contributed by atoms with E-state index >= 15 is 0 Å². The molecule has 8 heteroatoms. The molecule has 27 heavy (non-hydrogen) atoms. The maximum absolute atomic E-state index is 4.62. The summed E-state index contributed by atoms with van der Waals surface area (Å²) in [7, 11) is 0. The zero-order valence-electron chi connectivity index (χ0n) is 15.2. The van der Waals surface area contributed by atoms with E-state index in [0.29, 0.717) is 12.5 Å². The molecule has 0 aliphatic carbocycles. The largest absolute Gasteiger partial charge is 0.350 e. The molecule has 0 spiro atoms. The van der Waals surface area contributed by atoms with Gasteiger partial charge in [-0.15, -0.1) is 0 Å². The molecule has 0 bridgehead atoms. The fourth-order valence-electron chi connectivity index (χ4n) is 2.83. The first-order chi connectivity index (χ1) is 13.2. The van der Waals surface area contributed by atoms with Gasteiger partial charge in [-0.25, -0.2) is 19.6 Å². The summed E-state index contributed by atoms with van der Waals surface area (Å²) in [5.74, 6) is 0.573. The van der Waals surface area contributed by atoms with Crippen molar-refractivity contribution in [3.63, 3.8) is 0 Å². The number of hydrogen-bond donors (Lipinski definition) is 1. The summed E-state index contributed by atoms with van der Waals surface area (Å²) in [6.07, 6.45) is 8.74. The second-order valence-corrected chi connectivity index (χ2v) is 6.44. The highest BCUT2D eigenvalue weighted by atomic mass is 15.3. The Bertz CT molecular complexity index is 1020. The van der Waals surface area contributed by atoms with E-state index in [9.17, 15) is 0 Å². The summed E-state index contributed by atoms with van der Waals surface area (Å²) >= 11 is 0. The van der Waals surface area contributed by atoms with Crippen molar-refractivity contribution in [2.75, 3.05) is 5.32 Å². The van der Waals surface area contributed by atoms with Gasteiger partial charge < -0.3 is 5.32 Å². The van der Waals surface area contributed by atoms with E-state index in [0.717, 1.165) is 16.9 Å². The summed E-state index contributed by atoms with van der Waals surface area (Å²) in [4.78, 5) is 12.9. The lowest BCUT2D eigenvalue weighted by atomic mass is 10.2. The summed E-state index contributed by atoms with van der Waals surface area (Å²) < 4.78 is 3.62. The lowest BCUT2D eigenvalue weighted by Crippen LogP contribution is -2.23. The molecule has 0 saturated heterocycles. The van der Waals surface area contributed by atoms with E-state index in [1.54, 1.807) is 17.2 Å². The second-order valence-electron chi connectivity index (χ2n) is 6.44. The molecular formula is C19H20N8.